The van der Waals surface area contributed by atoms with Gasteiger partial charge in [0.2, 0.25) is 0 Å². The predicted molar refractivity (Wildman–Crippen MR) is 75.4 cm³/mol. The first-order chi connectivity index (χ1) is 9.86. The molecule has 0 heterocycles. The molecule has 0 radical (unpaired) electrons. The van der Waals surface area contributed by atoms with E-state index in [0.29, 0.717) is 25.7 Å². The van der Waals surface area contributed by atoms with Gasteiger partial charge < -0.3 is 9.84 Å². The van der Waals surface area contributed by atoms with Gasteiger partial charge in [-0.1, -0.05) is 13.0 Å². The minimum Gasteiger partial charge on any atom is -0.481 e. The number of hydrogen-bond donors (Lipinski definition) is 1. The van der Waals surface area contributed by atoms with E-state index < -0.39 is 29.1 Å². The summed E-state index contributed by atoms with van der Waals surface area (Å²) in [6.07, 6.45) is 3.37. The van der Waals surface area contributed by atoms with Crippen molar-refractivity contribution in [3.63, 3.8) is 0 Å². The molecular formula is C16H22O5. The minimum atomic E-state index is -0.894. The Morgan fingerprint density at radius 1 is 1.43 bits per heavy atom. The third kappa shape index (κ3) is 2.39. The van der Waals surface area contributed by atoms with Crippen LogP contribution in [0, 0.1) is 29.1 Å². The largest absolute Gasteiger partial charge is 0.481 e. The highest BCUT2D eigenvalue weighted by molar-refractivity contribution is 5.87. The van der Waals surface area contributed by atoms with Crippen LogP contribution in [0.15, 0.2) is 12.7 Å². The fourth-order valence-electron chi connectivity index (χ4n) is 4.35. The van der Waals surface area contributed by atoms with Crippen molar-refractivity contribution in [2.45, 2.75) is 32.6 Å². The number of hydrogen-bond acceptors (Lipinski definition) is 4. The fourth-order valence-corrected chi connectivity index (χ4v) is 4.35. The molecule has 0 saturated heterocycles. The Hall–Kier alpha value is -1.65. The van der Waals surface area contributed by atoms with E-state index in [4.69, 9.17) is 4.74 Å². The number of methoxy groups -OCH3 is 1. The van der Waals surface area contributed by atoms with Crippen molar-refractivity contribution >= 4 is 17.7 Å². The smallest absolute Gasteiger partial charge is 0.309 e. The average molecular weight is 294 g/mol. The maximum Gasteiger partial charge on any atom is 0.309 e. The molecule has 0 spiro atoms. The van der Waals surface area contributed by atoms with Gasteiger partial charge in [-0.2, -0.15) is 0 Å². The Balaban J connectivity index is 2.43. The average Bonchev–Trinajstić information content (AvgIpc) is 2.45. The van der Waals surface area contributed by atoms with Crippen molar-refractivity contribution in [2.75, 3.05) is 7.11 Å². The molecule has 5 atom stereocenters. The van der Waals surface area contributed by atoms with Crippen LogP contribution in [-0.4, -0.2) is 29.9 Å². The Bertz CT molecular complexity index is 483. The standard InChI is InChI=1S/C16H22O5/c1-4-9-10(14(18)19)7-8-16(2)11(15(20)21-3)5-6-12(17)13(9)16/h4,9-11,13H,1,5-8H2,2-3H3,(H,18,19)/t9-,10+,11-,13-,16-/m0/s1. The van der Waals surface area contributed by atoms with Crippen LogP contribution in [0.2, 0.25) is 0 Å². The van der Waals surface area contributed by atoms with Crippen LogP contribution >= 0.6 is 0 Å². The Labute approximate surface area is 124 Å². The summed E-state index contributed by atoms with van der Waals surface area (Å²) in [6.45, 7) is 5.65. The summed E-state index contributed by atoms with van der Waals surface area (Å²) in [4.78, 5) is 35.9. The van der Waals surface area contributed by atoms with Gasteiger partial charge in [-0.05, 0) is 24.7 Å². The van der Waals surface area contributed by atoms with Crippen LogP contribution in [0.4, 0.5) is 0 Å². The van der Waals surface area contributed by atoms with Crippen LogP contribution in [0.5, 0.6) is 0 Å². The molecule has 5 nitrogen and oxygen atoms in total. The molecule has 2 aliphatic rings. The lowest BCUT2D eigenvalue weighted by molar-refractivity contribution is -0.166. The zero-order valence-electron chi connectivity index (χ0n) is 12.5. The first kappa shape index (κ1) is 15.7. The summed E-state index contributed by atoms with van der Waals surface area (Å²) >= 11 is 0. The number of ether oxygens (including phenoxy) is 1. The van der Waals surface area contributed by atoms with Crippen molar-refractivity contribution in [1.82, 2.24) is 0 Å². The van der Waals surface area contributed by atoms with Gasteiger partial charge in [0, 0.05) is 18.3 Å². The van der Waals surface area contributed by atoms with Crippen LogP contribution < -0.4 is 0 Å². The van der Waals surface area contributed by atoms with E-state index in [1.54, 1.807) is 6.08 Å². The Morgan fingerprint density at radius 3 is 2.62 bits per heavy atom. The second kappa shape index (κ2) is 5.62. The maximum absolute atomic E-state index is 12.4. The fraction of sp³-hybridized carbons (Fsp3) is 0.688. The van der Waals surface area contributed by atoms with Gasteiger partial charge in [-0.15, -0.1) is 6.58 Å². The highest BCUT2D eigenvalue weighted by Gasteiger charge is 2.57. The lowest BCUT2D eigenvalue weighted by atomic mass is 9.50. The molecule has 5 heteroatoms. The molecule has 0 aliphatic heterocycles. The number of carboxylic acid groups (broad SMARTS) is 1. The van der Waals surface area contributed by atoms with Crippen molar-refractivity contribution in [2.24, 2.45) is 29.1 Å². The molecule has 0 aromatic rings. The van der Waals surface area contributed by atoms with E-state index in [-0.39, 0.29) is 17.7 Å². The van der Waals surface area contributed by atoms with Gasteiger partial charge in [0.05, 0.1) is 18.9 Å². The van der Waals surface area contributed by atoms with Crippen molar-refractivity contribution < 1.29 is 24.2 Å². The van der Waals surface area contributed by atoms with Gasteiger partial charge in [-0.25, -0.2) is 0 Å². The highest BCUT2D eigenvalue weighted by atomic mass is 16.5. The summed E-state index contributed by atoms with van der Waals surface area (Å²) < 4.78 is 4.89. The quantitative estimate of drug-likeness (QED) is 0.636. The number of fused-ring (bicyclic) bond motifs is 1. The number of rotatable bonds is 3. The number of carbonyl (C=O) groups excluding carboxylic acids is 2. The second-order valence-electron chi connectivity index (χ2n) is 6.36. The van der Waals surface area contributed by atoms with Gasteiger partial charge in [0.15, 0.2) is 0 Å². The van der Waals surface area contributed by atoms with Crippen LogP contribution in [0.3, 0.4) is 0 Å². The molecule has 21 heavy (non-hydrogen) atoms. The molecule has 0 bridgehead atoms. The molecule has 2 saturated carbocycles. The molecule has 0 unspecified atom stereocenters. The number of ketones is 1. The molecule has 0 amide bonds. The number of esters is 1. The van der Waals surface area contributed by atoms with Crippen molar-refractivity contribution in [1.29, 1.82) is 0 Å². The minimum absolute atomic E-state index is 0.0495. The number of aliphatic carboxylic acids is 1. The Morgan fingerprint density at radius 2 is 2.10 bits per heavy atom. The van der Waals surface area contributed by atoms with E-state index in [0.717, 1.165) is 0 Å². The van der Waals surface area contributed by atoms with E-state index in [1.165, 1.54) is 7.11 Å². The first-order valence-electron chi connectivity index (χ1n) is 7.32. The second-order valence-corrected chi connectivity index (χ2v) is 6.36. The van der Waals surface area contributed by atoms with Crippen LogP contribution in [0.25, 0.3) is 0 Å². The number of carbonyl (C=O) groups is 3. The van der Waals surface area contributed by atoms with Crippen LogP contribution in [0.1, 0.15) is 32.6 Å². The number of Topliss-reactive ketones (excluding diaryl/α,β-unsaturated/α-hetero) is 1. The molecule has 2 fully saturated rings. The maximum atomic E-state index is 12.4. The topological polar surface area (TPSA) is 80.7 Å². The van der Waals surface area contributed by atoms with Crippen molar-refractivity contribution in [3.8, 4) is 0 Å². The predicted octanol–water partition coefficient (Wildman–Crippen LogP) is 2.06. The van der Waals surface area contributed by atoms with E-state index in [2.05, 4.69) is 6.58 Å². The summed E-state index contributed by atoms with van der Waals surface area (Å²) in [6, 6.07) is 0. The SMILES string of the molecule is C=C[C@@H]1[C@H]2C(=O)CC[C@@H](C(=O)OC)[C@]2(C)CC[C@H]1C(=O)O. The monoisotopic (exact) mass is 294 g/mol. The normalized spacial score (nSPS) is 39.2. The van der Waals surface area contributed by atoms with Gasteiger partial charge in [0.1, 0.15) is 5.78 Å². The number of carboxylic acids is 1. The lowest BCUT2D eigenvalue weighted by Gasteiger charge is -2.52. The first-order valence-corrected chi connectivity index (χ1v) is 7.32. The van der Waals surface area contributed by atoms with E-state index >= 15 is 0 Å². The highest BCUT2D eigenvalue weighted by Crippen LogP contribution is 2.56. The molecular weight excluding hydrogens is 272 g/mol. The van der Waals surface area contributed by atoms with E-state index in [1.807, 2.05) is 6.92 Å². The zero-order chi connectivity index (χ0) is 15.8. The van der Waals surface area contributed by atoms with E-state index in [9.17, 15) is 19.5 Å². The molecule has 2 aliphatic carbocycles. The summed E-state index contributed by atoms with van der Waals surface area (Å²) in [5.41, 5.74) is -0.534. The van der Waals surface area contributed by atoms with Crippen molar-refractivity contribution in [3.05, 3.63) is 12.7 Å². The van der Waals surface area contributed by atoms with Gasteiger partial charge in [0.25, 0.3) is 0 Å². The van der Waals surface area contributed by atoms with Gasteiger partial charge >= 0.3 is 11.9 Å². The van der Waals surface area contributed by atoms with Crippen LogP contribution in [-0.2, 0) is 19.1 Å². The molecule has 0 aromatic heterocycles. The molecule has 1 N–H and O–H groups in total. The zero-order valence-corrected chi connectivity index (χ0v) is 12.5. The molecule has 116 valence electrons. The summed E-state index contributed by atoms with van der Waals surface area (Å²) in [7, 11) is 1.35. The lowest BCUT2D eigenvalue weighted by Crippen LogP contribution is -2.55. The Kier molecular flexibility index (Phi) is 4.21. The third-order valence-corrected chi connectivity index (χ3v) is 5.45. The van der Waals surface area contributed by atoms with Gasteiger partial charge in [-0.3, -0.25) is 14.4 Å². The summed E-state index contributed by atoms with van der Waals surface area (Å²) in [5.74, 6) is -2.96. The molecule has 2 rings (SSSR count). The summed E-state index contributed by atoms with van der Waals surface area (Å²) in [5, 5.41) is 9.37. The number of allylic oxidation sites excluding steroid dienone is 1. The third-order valence-electron chi connectivity index (χ3n) is 5.45. The molecule has 0 aromatic carbocycles.